The highest BCUT2D eigenvalue weighted by molar-refractivity contribution is 5.96. The number of carbonyl (C=O) groups is 3. The highest BCUT2D eigenvalue weighted by Gasteiger charge is 2.35. The van der Waals surface area contributed by atoms with Gasteiger partial charge in [0.2, 0.25) is 5.91 Å². The van der Waals surface area contributed by atoms with Crippen LogP contribution in [0.4, 0.5) is 15.0 Å². The maximum atomic E-state index is 15.2. The van der Waals surface area contributed by atoms with Gasteiger partial charge in [-0.25, -0.2) is 18.7 Å². The standard InChI is InChI=1S/C28H31FN4O5/c1-18-20(26(35)38-28(2,3)4)12-13-21(24(18)29)33-16-14-23(31-33)30-25(34)22-11-8-15-32(22)27(36)37-17-19-9-6-5-7-10-19/h5-7,9-10,12-14,16,22H,8,11,15,17H2,1-4H3,(H,30,31,34)/t22-/m1/s1. The summed E-state index contributed by atoms with van der Waals surface area (Å²) in [5, 5.41) is 6.97. The van der Waals surface area contributed by atoms with Crippen LogP contribution in [0.25, 0.3) is 5.69 Å². The number of esters is 1. The minimum Gasteiger partial charge on any atom is -0.456 e. The zero-order valence-corrected chi connectivity index (χ0v) is 21.9. The van der Waals surface area contributed by atoms with Crippen molar-refractivity contribution in [3.8, 4) is 5.69 Å². The van der Waals surface area contributed by atoms with Crippen molar-refractivity contribution in [3.63, 3.8) is 0 Å². The van der Waals surface area contributed by atoms with Crippen molar-refractivity contribution in [1.29, 1.82) is 0 Å². The molecule has 0 aliphatic carbocycles. The van der Waals surface area contributed by atoms with E-state index in [1.54, 1.807) is 20.8 Å². The fourth-order valence-electron chi connectivity index (χ4n) is 4.20. The molecule has 2 heterocycles. The number of anilines is 1. The SMILES string of the molecule is Cc1c(C(=O)OC(C)(C)C)ccc(-n2ccc(NC(=O)[C@H]3CCCN3C(=O)OCc3ccccc3)n2)c1F. The molecule has 200 valence electrons. The van der Waals surface area contributed by atoms with E-state index in [2.05, 4.69) is 10.4 Å². The Labute approximate surface area is 220 Å². The fourth-order valence-corrected chi connectivity index (χ4v) is 4.20. The summed E-state index contributed by atoms with van der Waals surface area (Å²) in [7, 11) is 0. The third-order valence-electron chi connectivity index (χ3n) is 6.07. The lowest BCUT2D eigenvalue weighted by Gasteiger charge is -2.23. The van der Waals surface area contributed by atoms with Crippen LogP contribution in [-0.4, -0.2) is 50.8 Å². The summed E-state index contributed by atoms with van der Waals surface area (Å²) in [5.41, 5.74) is 0.521. The van der Waals surface area contributed by atoms with E-state index in [9.17, 15) is 14.4 Å². The molecule has 1 aliphatic rings. The second kappa shape index (κ2) is 11.0. The predicted octanol–water partition coefficient (Wildman–Crippen LogP) is 5.01. The van der Waals surface area contributed by atoms with Crippen LogP contribution in [0.2, 0.25) is 0 Å². The van der Waals surface area contributed by atoms with Crippen molar-refractivity contribution in [2.45, 2.75) is 58.8 Å². The van der Waals surface area contributed by atoms with Gasteiger partial charge in [-0.05, 0) is 58.2 Å². The molecule has 3 aromatic rings. The number of amides is 2. The molecule has 9 nitrogen and oxygen atoms in total. The molecule has 1 aromatic heterocycles. The predicted molar refractivity (Wildman–Crippen MR) is 138 cm³/mol. The van der Waals surface area contributed by atoms with Gasteiger partial charge in [0.15, 0.2) is 11.6 Å². The van der Waals surface area contributed by atoms with Crippen LogP contribution in [0.15, 0.2) is 54.7 Å². The zero-order valence-electron chi connectivity index (χ0n) is 21.9. The van der Waals surface area contributed by atoms with Crippen molar-refractivity contribution < 1.29 is 28.2 Å². The van der Waals surface area contributed by atoms with Crippen LogP contribution in [0.3, 0.4) is 0 Å². The van der Waals surface area contributed by atoms with E-state index in [1.165, 1.54) is 40.9 Å². The molecule has 1 saturated heterocycles. The third kappa shape index (κ3) is 6.19. The highest BCUT2D eigenvalue weighted by atomic mass is 19.1. The summed E-state index contributed by atoms with van der Waals surface area (Å²) in [4.78, 5) is 39.4. The van der Waals surface area contributed by atoms with Crippen molar-refractivity contribution in [2.24, 2.45) is 0 Å². The number of benzene rings is 2. The van der Waals surface area contributed by atoms with Crippen molar-refractivity contribution >= 4 is 23.8 Å². The number of hydrogen-bond donors (Lipinski definition) is 1. The van der Waals surface area contributed by atoms with Gasteiger partial charge in [-0.15, -0.1) is 5.10 Å². The molecule has 0 unspecified atom stereocenters. The molecule has 1 N–H and O–H groups in total. The number of halogens is 1. The topological polar surface area (TPSA) is 103 Å². The number of rotatable bonds is 6. The van der Waals surface area contributed by atoms with Crippen LogP contribution in [0, 0.1) is 12.7 Å². The average molecular weight is 523 g/mol. The monoisotopic (exact) mass is 522 g/mol. The molecular weight excluding hydrogens is 491 g/mol. The minimum atomic E-state index is -0.707. The second-order valence-electron chi connectivity index (χ2n) is 10.1. The van der Waals surface area contributed by atoms with E-state index in [0.717, 1.165) is 5.56 Å². The average Bonchev–Trinajstić information content (AvgIpc) is 3.54. The molecule has 1 atom stereocenters. The molecule has 2 aromatic carbocycles. The van der Waals surface area contributed by atoms with Gasteiger partial charge < -0.3 is 14.8 Å². The van der Waals surface area contributed by atoms with Crippen molar-refractivity contribution in [3.05, 3.63) is 77.2 Å². The Morgan fingerprint density at radius 3 is 2.55 bits per heavy atom. The summed E-state index contributed by atoms with van der Waals surface area (Å²) >= 11 is 0. The van der Waals surface area contributed by atoms with Gasteiger partial charge in [-0.2, -0.15) is 0 Å². The van der Waals surface area contributed by atoms with Gasteiger partial charge in [0.25, 0.3) is 0 Å². The summed E-state index contributed by atoms with van der Waals surface area (Å²) in [5.74, 6) is -1.44. The maximum Gasteiger partial charge on any atom is 0.410 e. The van der Waals surface area contributed by atoms with E-state index in [-0.39, 0.29) is 29.2 Å². The Bertz CT molecular complexity index is 1330. The van der Waals surface area contributed by atoms with Crippen LogP contribution in [0.1, 0.15) is 55.1 Å². The van der Waals surface area contributed by atoms with Crippen LogP contribution in [-0.2, 0) is 20.9 Å². The van der Waals surface area contributed by atoms with E-state index in [1.807, 2.05) is 30.3 Å². The van der Waals surface area contributed by atoms with Gasteiger partial charge >= 0.3 is 12.1 Å². The molecule has 0 spiro atoms. The zero-order chi connectivity index (χ0) is 27.4. The number of carbonyl (C=O) groups excluding carboxylic acids is 3. The summed E-state index contributed by atoms with van der Waals surface area (Å²) in [6, 6.07) is 13.1. The van der Waals surface area contributed by atoms with E-state index in [0.29, 0.717) is 19.4 Å². The van der Waals surface area contributed by atoms with Crippen LogP contribution in [0.5, 0.6) is 0 Å². The second-order valence-corrected chi connectivity index (χ2v) is 10.1. The number of ether oxygens (including phenoxy) is 2. The largest absolute Gasteiger partial charge is 0.456 e. The van der Waals surface area contributed by atoms with Crippen molar-refractivity contribution in [2.75, 3.05) is 11.9 Å². The van der Waals surface area contributed by atoms with Gasteiger partial charge in [0.1, 0.15) is 23.9 Å². The maximum absolute atomic E-state index is 15.2. The van der Waals surface area contributed by atoms with E-state index in [4.69, 9.17) is 9.47 Å². The number of hydrogen-bond acceptors (Lipinski definition) is 6. The molecule has 0 radical (unpaired) electrons. The summed E-state index contributed by atoms with van der Waals surface area (Å²) in [6.45, 7) is 7.24. The lowest BCUT2D eigenvalue weighted by molar-refractivity contribution is -0.120. The first-order valence-electron chi connectivity index (χ1n) is 12.4. The van der Waals surface area contributed by atoms with Crippen molar-refractivity contribution in [1.82, 2.24) is 14.7 Å². The normalized spacial score (nSPS) is 15.3. The molecule has 0 saturated carbocycles. The summed E-state index contributed by atoms with van der Waals surface area (Å²) in [6.07, 6.45) is 2.11. The molecule has 1 aliphatic heterocycles. The first kappa shape index (κ1) is 26.8. The lowest BCUT2D eigenvalue weighted by Crippen LogP contribution is -2.43. The molecule has 0 bridgehead atoms. The van der Waals surface area contributed by atoms with Crippen LogP contribution >= 0.6 is 0 Å². The van der Waals surface area contributed by atoms with Crippen LogP contribution < -0.4 is 5.32 Å². The highest BCUT2D eigenvalue weighted by Crippen LogP contribution is 2.24. The lowest BCUT2D eigenvalue weighted by atomic mass is 10.1. The number of nitrogens with one attached hydrogen (secondary N) is 1. The smallest absolute Gasteiger partial charge is 0.410 e. The number of nitrogens with zero attached hydrogens (tertiary/aromatic N) is 3. The Balaban J connectivity index is 1.41. The molecule has 2 amide bonds. The minimum absolute atomic E-state index is 0.113. The molecular formula is C28H31FN4O5. The Morgan fingerprint density at radius 2 is 1.84 bits per heavy atom. The van der Waals surface area contributed by atoms with Gasteiger partial charge in [-0.1, -0.05) is 30.3 Å². The molecule has 38 heavy (non-hydrogen) atoms. The molecule has 4 rings (SSSR count). The Morgan fingerprint density at radius 1 is 1.11 bits per heavy atom. The number of likely N-dealkylation sites (tertiary alicyclic amines) is 1. The Hall–Kier alpha value is -4.21. The van der Waals surface area contributed by atoms with Gasteiger partial charge in [-0.3, -0.25) is 9.69 Å². The molecule has 10 heteroatoms. The molecule has 1 fully saturated rings. The first-order valence-corrected chi connectivity index (χ1v) is 12.4. The fraction of sp³-hybridized carbons (Fsp3) is 0.357. The third-order valence-corrected chi connectivity index (χ3v) is 6.07. The van der Waals surface area contributed by atoms with E-state index < -0.39 is 35.4 Å². The number of aromatic nitrogens is 2. The van der Waals surface area contributed by atoms with Gasteiger partial charge in [0, 0.05) is 24.4 Å². The summed E-state index contributed by atoms with van der Waals surface area (Å²) < 4.78 is 27.2. The quantitative estimate of drug-likeness (QED) is 0.457. The van der Waals surface area contributed by atoms with Gasteiger partial charge in [0.05, 0.1) is 5.56 Å². The first-order chi connectivity index (χ1) is 18.0. The Kier molecular flexibility index (Phi) is 7.80. The van der Waals surface area contributed by atoms with E-state index >= 15 is 4.39 Å².